The fourth-order valence-electron chi connectivity index (χ4n) is 3.55. The van der Waals surface area contributed by atoms with Crippen molar-refractivity contribution in [3.8, 4) is 5.69 Å². The number of anilines is 1. The summed E-state index contributed by atoms with van der Waals surface area (Å²) in [6, 6.07) is 24.2. The van der Waals surface area contributed by atoms with Gasteiger partial charge in [-0.25, -0.2) is 4.98 Å². The summed E-state index contributed by atoms with van der Waals surface area (Å²) in [6.45, 7) is 4.00. The van der Waals surface area contributed by atoms with E-state index in [1.165, 1.54) is 16.5 Å². The van der Waals surface area contributed by atoms with E-state index in [1.54, 1.807) is 23.1 Å². The van der Waals surface area contributed by atoms with E-state index >= 15 is 0 Å². The number of rotatable bonds is 8. The van der Waals surface area contributed by atoms with Crippen LogP contribution in [0.25, 0.3) is 15.9 Å². The maximum absolute atomic E-state index is 12.7. The molecular formula is C26H23N5OS3. The van der Waals surface area contributed by atoms with Crippen molar-refractivity contribution in [2.24, 2.45) is 0 Å². The molecule has 3 aromatic carbocycles. The lowest BCUT2D eigenvalue weighted by Crippen LogP contribution is -2.15. The van der Waals surface area contributed by atoms with Crippen LogP contribution in [0.3, 0.4) is 0 Å². The summed E-state index contributed by atoms with van der Waals surface area (Å²) in [7, 11) is 0. The zero-order valence-corrected chi connectivity index (χ0v) is 21.7. The number of thioether (sulfide) groups is 2. The maximum atomic E-state index is 12.7. The molecule has 1 N–H and O–H groups in total. The van der Waals surface area contributed by atoms with E-state index in [9.17, 15) is 4.79 Å². The molecule has 0 saturated heterocycles. The smallest absolute Gasteiger partial charge is 0.234 e. The molecule has 0 unspecified atom stereocenters. The van der Waals surface area contributed by atoms with Gasteiger partial charge in [0.25, 0.3) is 0 Å². The van der Waals surface area contributed by atoms with Crippen LogP contribution in [0, 0.1) is 13.8 Å². The van der Waals surface area contributed by atoms with Gasteiger partial charge in [-0.2, -0.15) is 0 Å². The second kappa shape index (κ2) is 10.6. The monoisotopic (exact) mass is 517 g/mol. The number of thiazole rings is 1. The van der Waals surface area contributed by atoms with Gasteiger partial charge < -0.3 is 5.32 Å². The van der Waals surface area contributed by atoms with Gasteiger partial charge in [0.05, 0.1) is 21.7 Å². The van der Waals surface area contributed by atoms with Gasteiger partial charge in [-0.1, -0.05) is 66.0 Å². The molecule has 2 heterocycles. The molecule has 0 saturated carbocycles. The van der Waals surface area contributed by atoms with Gasteiger partial charge >= 0.3 is 0 Å². The van der Waals surface area contributed by atoms with Gasteiger partial charge in [0, 0.05) is 11.4 Å². The fraction of sp³-hybridized carbons (Fsp3) is 0.154. The second-order valence-electron chi connectivity index (χ2n) is 7.96. The Kier molecular flexibility index (Phi) is 7.17. The molecule has 0 aliphatic heterocycles. The average Bonchev–Trinajstić information content (AvgIpc) is 3.47. The third-order valence-electron chi connectivity index (χ3n) is 5.31. The van der Waals surface area contributed by atoms with Crippen molar-refractivity contribution in [1.82, 2.24) is 19.7 Å². The van der Waals surface area contributed by atoms with E-state index < -0.39 is 0 Å². The molecule has 0 aliphatic carbocycles. The van der Waals surface area contributed by atoms with Crippen LogP contribution in [0.1, 0.15) is 17.0 Å². The number of amides is 1. The van der Waals surface area contributed by atoms with Crippen LogP contribution in [0.4, 0.5) is 5.69 Å². The predicted octanol–water partition coefficient (Wildman–Crippen LogP) is 6.52. The molecule has 0 atom stereocenters. The van der Waals surface area contributed by atoms with Gasteiger partial charge in [0.1, 0.15) is 5.82 Å². The van der Waals surface area contributed by atoms with Crippen molar-refractivity contribution in [2.75, 3.05) is 11.1 Å². The SMILES string of the molecule is Cc1ccc(C)c(NC(=O)CSc2nnc(CSc3nc4ccccc4s3)n2-c2ccccc2)c1. The van der Waals surface area contributed by atoms with Crippen LogP contribution in [0.5, 0.6) is 0 Å². The molecule has 1 amide bonds. The van der Waals surface area contributed by atoms with E-state index in [2.05, 4.69) is 21.6 Å². The van der Waals surface area contributed by atoms with Crippen molar-refractivity contribution in [1.29, 1.82) is 0 Å². The van der Waals surface area contributed by atoms with Crippen LogP contribution in [0.15, 0.2) is 82.3 Å². The van der Waals surface area contributed by atoms with Crippen molar-refractivity contribution in [3.63, 3.8) is 0 Å². The number of carbonyl (C=O) groups excluding carboxylic acids is 1. The maximum Gasteiger partial charge on any atom is 0.234 e. The van der Waals surface area contributed by atoms with Gasteiger partial charge in [-0.3, -0.25) is 9.36 Å². The normalized spacial score (nSPS) is 11.1. The summed E-state index contributed by atoms with van der Waals surface area (Å²) in [4.78, 5) is 17.4. The predicted molar refractivity (Wildman–Crippen MR) is 146 cm³/mol. The Morgan fingerprint density at radius 3 is 2.60 bits per heavy atom. The molecule has 9 heteroatoms. The Labute approximate surface area is 216 Å². The summed E-state index contributed by atoms with van der Waals surface area (Å²) in [5, 5.41) is 12.6. The Morgan fingerprint density at radius 2 is 1.77 bits per heavy atom. The zero-order chi connectivity index (χ0) is 24.2. The van der Waals surface area contributed by atoms with Crippen LogP contribution < -0.4 is 5.32 Å². The topological polar surface area (TPSA) is 72.7 Å². The fourth-order valence-corrected chi connectivity index (χ4v) is 6.30. The molecule has 0 spiro atoms. The number of aromatic nitrogens is 4. The van der Waals surface area contributed by atoms with Crippen LogP contribution in [0.2, 0.25) is 0 Å². The lowest BCUT2D eigenvalue weighted by Gasteiger charge is -2.11. The van der Waals surface area contributed by atoms with Gasteiger partial charge in [0.2, 0.25) is 5.91 Å². The Balaban J connectivity index is 1.33. The molecule has 5 aromatic rings. The third kappa shape index (κ3) is 5.58. The van der Waals surface area contributed by atoms with Crippen LogP contribution >= 0.6 is 34.9 Å². The Hall–Kier alpha value is -3.14. The lowest BCUT2D eigenvalue weighted by molar-refractivity contribution is -0.113. The lowest BCUT2D eigenvalue weighted by atomic mass is 10.1. The first-order chi connectivity index (χ1) is 17.1. The highest BCUT2D eigenvalue weighted by molar-refractivity contribution is 8.00. The van der Waals surface area contributed by atoms with E-state index in [0.29, 0.717) is 10.9 Å². The molecule has 0 aliphatic rings. The number of hydrogen-bond acceptors (Lipinski definition) is 7. The highest BCUT2D eigenvalue weighted by Crippen LogP contribution is 2.32. The zero-order valence-electron chi connectivity index (χ0n) is 19.3. The van der Waals surface area contributed by atoms with Crippen LogP contribution in [-0.2, 0) is 10.5 Å². The molecule has 0 fully saturated rings. The number of benzene rings is 3. The summed E-state index contributed by atoms with van der Waals surface area (Å²) < 4.78 is 4.19. The standard InChI is InChI=1S/C26H23N5OS3/c1-17-12-13-18(2)21(14-17)27-24(32)16-33-25-30-29-23(31(25)19-8-4-3-5-9-19)15-34-26-28-20-10-6-7-11-22(20)35-26/h3-14H,15-16H2,1-2H3,(H,27,32). The summed E-state index contributed by atoms with van der Waals surface area (Å²) in [5.41, 5.74) is 4.96. The largest absolute Gasteiger partial charge is 0.325 e. The third-order valence-corrected chi connectivity index (χ3v) is 8.42. The van der Waals surface area contributed by atoms with E-state index in [1.807, 2.05) is 85.1 Å². The molecule has 0 bridgehead atoms. The molecule has 176 valence electrons. The first-order valence-corrected chi connectivity index (χ1v) is 13.8. The minimum atomic E-state index is -0.0725. The number of hydrogen-bond donors (Lipinski definition) is 1. The van der Waals surface area contributed by atoms with Gasteiger partial charge in [-0.05, 0) is 55.3 Å². The van der Waals surface area contributed by atoms with Crippen molar-refractivity contribution in [3.05, 3.63) is 89.7 Å². The minimum Gasteiger partial charge on any atom is -0.325 e. The number of carbonyl (C=O) groups is 1. The molecule has 2 aromatic heterocycles. The second-order valence-corrected chi connectivity index (χ2v) is 11.2. The minimum absolute atomic E-state index is 0.0725. The molecule has 6 nitrogen and oxygen atoms in total. The molecular weight excluding hydrogens is 495 g/mol. The van der Waals surface area contributed by atoms with Crippen LogP contribution in [-0.4, -0.2) is 31.4 Å². The molecule has 35 heavy (non-hydrogen) atoms. The quantitative estimate of drug-likeness (QED) is 0.236. The number of nitrogens with zero attached hydrogens (tertiary/aromatic N) is 4. The molecule has 5 rings (SSSR count). The summed E-state index contributed by atoms with van der Waals surface area (Å²) in [6.07, 6.45) is 0. The Morgan fingerprint density at radius 1 is 0.971 bits per heavy atom. The van der Waals surface area contributed by atoms with Crippen molar-refractivity contribution >= 4 is 56.7 Å². The van der Waals surface area contributed by atoms with E-state index in [0.717, 1.165) is 38.2 Å². The van der Waals surface area contributed by atoms with Gasteiger partial charge in [0.15, 0.2) is 9.50 Å². The van der Waals surface area contributed by atoms with E-state index in [4.69, 9.17) is 4.98 Å². The average molecular weight is 518 g/mol. The number of aryl methyl sites for hydroxylation is 2. The molecule has 0 radical (unpaired) electrons. The number of para-hydroxylation sites is 2. The first-order valence-electron chi connectivity index (χ1n) is 11.0. The summed E-state index contributed by atoms with van der Waals surface area (Å²) in [5.74, 6) is 1.61. The first kappa shape index (κ1) is 23.6. The Bertz CT molecular complexity index is 1450. The number of nitrogens with one attached hydrogen (secondary N) is 1. The highest BCUT2D eigenvalue weighted by Gasteiger charge is 2.17. The van der Waals surface area contributed by atoms with Gasteiger partial charge in [-0.15, -0.1) is 21.5 Å². The van der Waals surface area contributed by atoms with Crippen molar-refractivity contribution in [2.45, 2.75) is 29.1 Å². The number of fused-ring (bicyclic) bond motifs is 1. The van der Waals surface area contributed by atoms with Crippen molar-refractivity contribution < 1.29 is 4.79 Å². The highest BCUT2D eigenvalue weighted by atomic mass is 32.2. The summed E-state index contributed by atoms with van der Waals surface area (Å²) >= 11 is 4.71. The van der Waals surface area contributed by atoms with E-state index in [-0.39, 0.29) is 11.7 Å².